The van der Waals surface area contributed by atoms with Crippen molar-refractivity contribution in [1.29, 1.82) is 0 Å². The summed E-state index contributed by atoms with van der Waals surface area (Å²) < 4.78 is 21.2. The van der Waals surface area contributed by atoms with Crippen molar-refractivity contribution in [3.8, 4) is 0 Å². The predicted octanol–water partition coefficient (Wildman–Crippen LogP) is -2.76. The number of hydrogen-bond donors (Lipinski definition) is 5. The highest BCUT2D eigenvalue weighted by Crippen LogP contribution is 1.88. The van der Waals surface area contributed by atoms with Gasteiger partial charge in [-0.05, 0) is 6.42 Å². The Morgan fingerprint density at radius 2 is 1.09 bits per heavy atom. The maximum absolute atomic E-state index is 11.9. The van der Waals surface area contributed by atoms with Crippen LogP contribution in [-0.4, -0.2) is 122 Å². The fourth-order valence-corrected chi connectivity index (χ4v) is 2.54. The van der Waals surface area contributed by atoms with Crippen LogP contribution in [0.1, 0.15) is 12.8 Å². The molecule has 190 valence electrons. The highest BCUT2D eigenvalue weighted by Gasteiger charge is 2.08. The first kappa shape index (κ1) is 30.6. The Balaban J connectivity index is 3.40. The summed E-state index contributed by atoms with van der Waals surface area (Å²) in [6, 6.07) is 0. The molecular weight excluding hydrogens is 420 g/mol. The van der Waals surface area contributed by atoms with Gasteiger partial charge >= 0.3 is 0 Å². The molecule has 0 heterocycles. The maximum atomic E-state index is 11.9. The van der Waals surface area contributed by atoms with Crippen molar-refractivity contribution in [3.05, 3.63) is 0 Å². The minimum Gasteiger partial charge on any atom is -0.379 e. The van der Waals surface area contributed by atoms with Gasteiger partial charge in [-0.1, -0.05) is 0 Å². The number of amides is 2. The van der Waals surface area contributed by atoms with Crippen LogP contribution in [-0.2, 0) is 28.5 Å². The lowest BCUT2D eigenvalue weighted by Crippen LogP contribution is -2.42. The molecule has 0 bridgehead atoms. The second-order valence-electron chi connectivity index (χ2n) is 6.90. The van der Waals surface area contributed by atoms with Gasteiger partial charge in [0.2, 0.25) is 11.8 Å². The molecule has 32 heavy (non-hydrogen) atoms. The normalized spacial score (nSPS) is 11.1. The Morgan fingerprint density at radius 1 is 0.625 bits per heavy atom. The van der Waals surface area contributed by atoms with Gasteiger partial charge in [0.25, 0.3) is 0 Å². The molecule has 0 aliphatic rings. The Bertz CT molecular complexity index is 441. The maximum Gasteiger partial charge on any atom is 0.234 e. The van der Waals surface area contributed by atoms with Crippen LogP contribution in [0.2, 0.25) is 0 Å². The zero-order valence-electron chi connectivity index (χ0n) is 19.4. The van der Waals surface area contributed by atoms with E-state index in [1.54, 1.807) is 0 Å². The van der Waals surface area contributed by atoms with Crippen molar-refractivity contribution >= 4 is 11.8 Å². The standard InChI is InChI=1S/C20H44N6O6/c21-3-8-26(9-4-22)18-20(28)25-7-1-6-24-19(27)2-10-29-12-14-31-16-17-32-15-13-30-11-5-23/h1-18,21-23H2,(H,24,27)(H,25,28). The van der Waals surface area contributed by atoms with Gasteiger partial charge in [-0.25, -0.2) is 0 Å². The lowest BCUT2D eigenvalue weighted by molar-refractivity contribution is -0.122. The second kappa shape index (κ2) is 24.3. The molecule has 0 aliphatic heterocycles. The predicted molar refractivity (Wildman–Crippen MR) is 122 cm³/mol. The first-order valence-corrected chi connectivity index (χ1v) is 11.3. The third kappa shape index (κ3) is 21.8. The van der Waals surface area contributed by atoms with Crippen molar-refractivity contribution < 1.29 is 28.5 Å². The summed E-state index contributed by atoms with van der Waals surface area (Å²) in [7, 11) is 0. The Hall–Kier alpha value is -1.38. The second-order valence-corrected chi connectivity index (χ2v) is 6.90. The quantitative estimate of drug-likeness (QED) is 0.0941. The molecule has 0 saturated heterocycles. The van der Waals surface area contributed by atoms with Crippen LogP contribution in [0.25, 0.3) is 0 Å². The molecule has 0 aliphatic carbocycles. The molecule has 0 unspecified atom stereocenters. The largest absolute Gasteiger partial charge is 0.379 e. The number of hydrogen-bond acceptors (Lipinski definition) is 10. The third-order valence-corrected chi connectivity index (χ3v) is 4.11. The molecule has 0 aromatic heterocycles. The van der Waals surface area contributed by atoms with Crippen LogP contribution in [0.3, 0.4) is 0 Å². The average molecular weight is 465 g/mol. The van der Waals surface area contributed by atoms with E-state index in [2.05, 4.69) is 10.6 Å². The van der Waals surface area contributed by atoms with E-state index in [1.165, 1.54) is 0 Å². The number of nitrogens with one attached hydrogen (secondary N) is 2. The van der Waals surface area contributed by atoms with E-state index in [1.807, 2.05) is 4.90 Å². The first-order chi connectivity index (χ1) is 15.6. The minimum atomic E-state index is -0.0837. The van der Waals surface area contributed by atoms with Gasteiger partial charge in [0, 0.05) is 52.2 Å². The van der Waals surface area contributed by atoms with E-state index in [0.717, 1.165) is 0 Å². The molecule has 0 aromatic rings. The van der Waals surface area contributed by atoms with E-state index in [9.17, 15) is 9.59 Å². The van der Waals surface area contributed by atoms with Crippen molar-refractivity contribution in [1.82, 2.24) is 15.5 Å². The number of carbonyl (C=O) groups excluding carboxylic acids is 2. The molecule has 12 heteroatoms. The van der Waals surface area contributed by atoms with Crippen molar-refractivity contribution in [2.75, 3.05) is 105 Å². The topological polar surface area (TPSA) is 176 Å². The summed E-state index contributed by atoms with van der Waals surface area (Å²) in [5.74, 6) is -0.156. The summed E-state index contributed by atoms with van der Waals surface area (Å²) in [5, 5.41) is 5.63. The zero-order chi connectivity index (χ0) is 23.7. The smallest absolute Gasteiger partial charge is 0.234 e. The van der Waals surface area contributed by atoms with Crippen LogP contribution in [0, 0.1) is 0 Å². The molecule has 0 rings (SSSR count). The summed E-state index contributed by atoms with van der Waals surface area (Å²) in [5.41, 5.74) is 16.3. The number of rotatable bonds is 24. The Morgan fingerprint density at radius 3 is 1.59 bits per heavy atom. The average Bonchev–Trinajstić information content (AvgIpc) is 2.77. The summed E-state index contributed by atoms with van der Waals surface area (Å²) in [6.45, 7) is 7.77. The van der Waals surface area contributed by atoms with E-state index >= 15 is 0 Å². The van der Waals surface area contributed by atoms with Crippen LogP contribution < -0.4 is 27.8 Å². The highest BCUT2D eigenvalue weighted by atomic mass is 16.6. The Labute approximate surface area is 191 Å². The number of nitrogens with zero attached hydrogens (tertiary/aromatic N) is 1. The molecule has 8 N–H and O–H groups in total. The monoisotopic (exact) mass is 464 g/mol. The Kier molecular flexibility index (Phi) is 23.2. The van der Waals surface area contributed by atoms with Gasteiger partial charge in [-0.2, -0.15) is 0 Å². The fraction of sp³-hybridized carbons (Fsp3) is 0.900. The van der Waals surface area contributed by atoms with E-state index in [-0.39, 0.29) is 24.8 Å². The minimum absolute atomic E-state index is 0.0723. The van der Waals surface area contributed by atoms with Crippen molar-refractivity contribution in [2.24, 2.45) is 17.2 Å². The van der Waals surface area contributed by atoms with Gasteiger partial charge < -0.3 is 46.8 Å². The summed E-state index contributed by atoms with van der Waals surface area (Å²) >= 11 is 0. The number of carbonyl (C=O) groups is 2. The summed E-state index contributed by atoms with van der Waals surface area (Å²) in [4.78, 5) is 25.6. The van der Waals surface area contributed by atoms with Crippen molar-refractivity contribution in [3.63, 3.8) is 0 Å². The highest BCUT2D eigenvalue weighted by molar-refractivity contribution is 5.78. The van der Waals surface area contributed by atoms with Gasteiger partial charge in [-0.3, -0.25) is 14.5 Å². The van der Waals surface area contributed by atoms with E-state index in [0.29, 0.717) is 105 Å². The number of ether oxygens (including phenoxy) is 4. The third-order valence-electron chi connectivity index (χ3n) is 4.11. The van der Waals surface area contributed by atoms with Crippen LogP contribution in [0.4, 0.5) is 0 Å². The summed E-state index contributed by atoms with van der Waals surface area (Å²) in [6.07, 6.45) is 0.937. The molecular formula is C20H44N6O6. The van der Waals surface area contributed by atoms with Gasteiger partial charge in [0.05, 0.1) is 59.4 Å². The molecule has 0 radical (unpaired) electrons. The molecule has 0 atom stereocenters. The van der Waals surface area contributed by atoms with E-state index in [4.69, 9.17) is 36.1 Å². The zero-order valence-corrected chi connectivity index (χ0v) is 19.4. The molecule has 0 saturated carbocycles. The van der Waals surface area contributed by atoms with Gasteiger partial charge in [0.15, 0.2) is 0 Å². The van der Waals surface area contributed by atoms with Crippen LogP contribution >= 0.6 is 0 Å². The van der Waals surface area contributed by atoms with Crippen LogP contribution in [0.15, 0.2) is 0 Å². The molecule has 0 aromatic carbocycles. The van der Waals surface area contributed by atoms with Crippen LogP contribution in [0.5, 0.6) is 0 Å². The van der Waals surface area contributed by atoms with Crippen molar-refractivity contribution in [2.45, 2.75) is 12.8 Å². The lowest BCUT2D eigenvalue weighted by atomic mass is 10.3. The molecule has 0 spiro atoms. The molecule has 0 fully saturated rings. The molecule has 2 amide bonds. The fourth-order valence-electron chi connectivity index (χ4n) is 2.54. The SMILES string of the molecule is NCCOCCOCCOCCOCCC(=O)NCCCNC(=O)CN(CCN)CCN. The van der Waals surface area contributed by atoms with Gasteiger partial charge in [0.1, 0.15) is 0 Å². The first-order valence-electron chi connectivity index (χ1n) is 11.3. The van der Waals surface area contributed by atoms with E-state index < -0.39 is 0 Å². The number of nitrogens with two attached hydrogens (primary N) is 3. The molecule has 12 nitrogen and oxygen atoms in total. The lowest BCUT2D eigenvalue weighted by Gasteiger charge is -2.19. The van der Waals surface area contributed by atoms with Gasteiger partial charge in [-0.15, -0.1) is 0 Å².